The number of halogens is 2. The molecule has 0 aliphatic carbocycles. The van der Waals surface area contributed by atoms with Gasteiger partial charge < -0.3 is 15.6 Å². The van der Waals surface area contributed by atoms with Crippen LogP contribution in [0.4, 0.5) is 8.78 Å². The fraction of sp³-hybridized carbons (Fsp3) is 0.400. The molecule has 5 heteroatoms. The van der Waals surface area contributed by atoms with Crippen molar-refractivity contribution in [1.29, 1.82) is 0 Å². The van der Waals surface area contributed by atoms with Crippen LogP contribution in [-0.4, -0.2) is 17.8 Å². The number of nitrogens with two attached hydrogens (primary N) is 1. The average Bonchev–Trinajstić information content (AvgIpc) is 2.16. The highest BCUT2D eigenvalue weighted by Crippen LogP contribution is 2.26. The molecule has 1 aromatic rings. The van der Waals surface area contributed by atoms with Crippen LogP contribution in [-0.2, 0) is 0 Å². The van der Waals surface area contributed by atoms with Gasteiger partial charge in [0.15, 0.2) is 0 Å². The summed E-state index contributed by atoms with van der Waals surface area (Å²) in [4.78, 5) is 0. The third-order valence-corrected chi connectivity index (χ3v) is 2.01. The molecule has 3 nitrogen and oxygen atoms in total. The minimum absolute atomic E-state index is 0.000833. The molecule has 0 aliphatic rings. The summed E-state index contributed by atoms with van der Waals surface area (Å²) in [5.41, 5.74) is 6.01. The van der Waals surface area contributed by atoms with E-state index in [1.54, 1.807) is 18.2 Å². The van der Waals surface area contributed by atoms with E-state index in [4.69, 9.17) is 5.73 Å². The van der Waals surface area contributed by atoms with Gasteiger partial charge in [-0.05, 0) is 13.0 Å². The van der Waals surface area contributed by atoms with Crippen LogP contribution in [0.15, 0.2) is 24.3 Å². The predicted octanol–water partition coefficient (Wildman–Crippen LogP) is 1.67. The molecule has 15 heavy (non-hydrogen) atoms. The Balaban J connectivity index is 2.95. The van der Waals surface area contributed by atoms with Gasteiger partial charge in [-0.15, -0.1) is 0 Å². The summed E-state index contributed by atoms with van der Waals surface area (Å²) in [6.07, 6.45) is -0.826. The quantitative estimate of drug-likeness (QED) is 0.806. The SMILES string of the molecule is C[C@@H](O)[C@H](N)c1ccccc1OC(F)F. The number of hydrogen-bond donors (Lipinski definition) is 2. The summed E-state index contributed by atoms with van der Waals surface area (Å²) in [6, 6.07) is 5.42. The Labute approximate surface area is 86.5 Å². The number of aliphatic hydroxyl groups excluding tert-OH is 1. The number of benzene rings is 1. The van der Waals surface area contributed by atoms with E-state index in [0.29, 0.717) is 5.56 Å². The van der Waals surface area contributed by atoms with Crippen molar-refractivity contribution in [3.8, 4) is 5.75 Å². The van der Waals surface area contributed by atoms with Gasteiger partial charge in [0.1, 0.15) is 5.75 Å². The predicted molar refractivity (Wildman–Crippen MR) is 51.7 cm³/mol. The Hall–Kier alpha value is -1.20. The van der Waals surface area contributed by atoms with E-state index in [0.717, 1.165) is 0 Å². The maximum absolute atomic E-state index is 12.0. The van der Waals surface area contributed by atoms with Crippen LogP contribution in [0.25, 0.3) is 0 Å². The topological polar surface area (TPSA) is 55.5 Å². The van der Waals surface area contributed by atoms with Crippen LogP contribution < -0.4 is 10.5 Å². The molecular formula is C10H13F2NO2. The van der Waals surface area contributed by atoms with Crippen LogP contribution in [0.2, 0.25) is 0 Å². The highest BCUT2D eigenvalue weighted by Gasteiger charge is 2.18. The van der Waals surface area contributed by atoms with Gasteiger partial charge in [-0.3, -0.25) is 0 Å². The van der Waals surface area contributed by atoms with E-state index in [1.807, 2.05) is 0 Å². The zero-order chi connectivity index (χ0) is 11.4. The standard InChI is InChI=1S/C10H13F2NO2/c1-6(14)9(13)7-4-2-3-5-8(7)15-10(11)12/h2-6,9-10,14H,13H2,1H3/t6-,9+/m1/s1. The first kappa shape index (κ1) is 11.9. The number of ether oxygens (including phenoxy) is 1. The molecule has 0 unspecified atom stereocenters. The van der Waals surface area contributed by atoms with Crippen LogP contribution in [0.5, 0.6) is 5.75 Å². The zero-order valence-corrected chi connectivity index (χ0v) is 8.23. The van der Waals surface area contributed by atoms with Gasteiger partial charge in [-0.25, -0.2) is 0 Å². The Morgan fingerprint density at radius 1 is 1.33 bits per heavy atom. The van der Waals surface area contributed by atoms with Gasteiger partial charge in [0.2, 0.25) is 0 Å². The molecule has 2 atom stereocenters. The van der Waals surface area contributed by atoms with Gasteiger partial charge in [0, 0.05) is 5.56 Å². The van der Waals surface area contributed by atoms with Gasteiger partial charge in [-0.2, -0.15) is 8.78 Å². The van der Waals surface area contributed by atoms with Crippen molar-refractivity contribution in [1.82, 2.24) is 0 Å². The Morgan fingerprint density at radius 2 is 1.93 bits per heavy atom. The molecule has 0 fully saturated rings. The molecular weight excluding hydrogens is 204 g/mol. The van der Waals surface area contributed by atoms with Crippen molar-refractivity contribution in [2.24, 2.45) is 5.73 Å². The molecule has 1 rings (SSSR count). The minimum Gasteiger partial charge on any atom is -0.434 e. The lowest BCUT2D eigenvalue weighted by molar-refractivity contribution is -0.0509. The van der Waals surface area contributed by atoms with Crippen molar-refractivity contribution >= 4 is 0 Å². The lowest BCUT2D eigenvalue weighted by atomic mass is 10.0. The Morgan fingerprint density at radius 3 is 2.47 bits per heavy atom. The van der Waals surface area contributed by atoms with Crippen LogP contribution in [0, 0.1) is 0 Å². The van der Waals surface area contributed by atoms with Crippen LogP contribution >= 0.6 is 0 Å². The summed E-state index contributed by atoms with van der Waals surface area (Å²) in [6.45, 7) is -1.41. The summed E-state index contributed by atoms with van der Waals surface area (Å²) >= 11 is 0. The van der Waals surface area contributed by atoms with Gasteiger partial charge in [-0.1, -0.05) is 18.2 Å². The van der Waals surface area contributed by atoms with E-state index in [1.165, 1.54) is 13.0 Å². The number of para-hydroxylation sites is 1. The van der Waals surface area contributed by atoms with Crippen molar-refractivity contribution in [2.75, 3.05) is 0 Å². The summed E-state index contributed by atoms with van der Waals surface area (Å²) < 4.78 is 28.4. The average molecular weight is 217 g/mol. The van der Waals surface area contributed by atoms with Crippen molar-refractivity contribution in [2.45, 2.75) is 25.7 Å². The second kappa shape index (κ2) is 5.04. The smallest absolute Gasteiger partial charge is 0.387 e. The van der Waals surface area contributed by atoms with E-state index in [-0.39, 0.29) is 5.75 Å². The second-order valence-corrected chi connectivity index (χ2v) is 3.18. The first-order valence-electron chi connectivity index (χ1n) is 4.49. The maximum atomic E-state index is 12.0. The molecule has 0 saturated heterocycles. The minimum atomic E-state index is -2.90. The van der Waals surface area contributed by atoms with Gasteiger partial charge in [0.05, 0.1) is 12.1 Å². The number of hydrogen-bond acceptors (Lipinski definition) is 3. The van der Waals surface area contributed by atoms with E-state index >= 15 is 0 Å². The zero-order valence-electron chi connectivity index (χ0n) is 8.23. The first-order chi connectivity index (χ1) is 7.02. The molecule has 0 amide bonds. The van der Waals surface area contributed by atoms with E-state index in [2.05, 4.69) is 4.74 Å². The molecule has 0 saturated carbocycles. The molecule has 0 bridgehead atoms. The normalized spacial score (nSPS) is 15.1. The monoisotopic (exact) mass is 217 g/mol. The molecule has 0 heterocycles. The number of rotatable bonds is 4. The lowest BCUT2D eigenvalue weighted by Gasteiger charge is -2.18. The largest absolute Gasteiger partial charge is 0.434 e. The van der Waals surface area contributed by atoms with Gasteiger partial charge >= 0.3 is 6.61 Å². The third-order valence-electron chi connectivity index (χ3n) is 2.01. The lowest BCUT2D eigenvalue weighted by Crippen LogP contribution is -2.24. The molecule has 1 aromatic carbocycles. The molecule has 0 aliphatic heterocycles. The van der Waals surface area contributed by atoms with Crippen molar-refractivity contribution in [3.05, 3.63) is 29.8 Å². The Kier molecular flexibility index (Phi) is 3.99. The van der Waals surface area contributed by atoms with Crippen LogP contribution in [0.3, 0.4) is 0 Å². The summed E-state index contributed by atoms with van der Waals surface area (Å²) in [7, 11) is 0. The number of alkyl halides is 2. The second-order valence-electron chi connectivity index (χ2n) is 3.18. The van der Waals surface area contributed by atoms with Crippen molar-refractivity contribution in [3.63, 3.8) is 0 Å². The molecule has 84 valence electrons. The molecule has 0 radical (unpaired) electrons. The van der Waals surface area contributed by atoms with Crippen LogP contribution in [0.1, 0.15) is 18.5 Å². The highest BCUT2D eigenvalue weighted by molar-refractivity contribution is 5.36. The Bertz CT molecular complexity index is 318. The van der Waals surface area contributed by atoms with Crippen molar-refractivity contribution < 1.29 is 18.6 Å². The highest BCUT2D eigenvalue weighted by atomic mass is 19.3. The third kappa shape index (κ3) is 3.14. The summed E-state index contributed by atoms with van der Waals surface area (Å²) in [5, 5.41) is 9.26. The molecule has 3 N–H and O–H groups in total. The fourth-order valence-corrected chi connectivity index (χ4v) is 1.22. The maximum Gasteiger partial charge on any atom is 0.387 e. The van der Waals surface area contributed by atoms with E-state index < -0.39 is 18.8 Å². The van der Waals surface area contributed by atoms with Gasteiger partial charge in [0.25, 0.3) is 0 Å². The van der Waals surface area contributed by atoms with E-state index in [9.17, 15) is 13.9 Å². The first-order valence-corrected chi connectivity index (χ1v) is 4.49. The summed E-state index contributed by atoms with van der Waals surface area (Å²) in [5.74, 6) is 0.000833. The fourth-order valence-electron chi connectivity index (χ4n) is 1.22. The number of aliphatic hydroxyl groups is 1. The molecule has 0 spiro atoms. The molecule has 0 aromatic heterocycles.